The third-order valence-electron chi connectivity index (χ3n) is 2.81. The highest BCUT2D eigenvalue weighted by Gasteiger charge is 2.35. The fraction of sp³-hybridized carbons (Fsp3) is 0.231. The van der Waals surface area contributed by atoms with Crippen LogP contribution in [0, 0.1) is 11.3 Å². The van der Waals surface area contributed by atoms with Crippen LogP contribution in [0.4, 0.5) is 13.2 Å². The van der Waals surface area contributed by atoms with E-state index in [0.29, 0.717) is 18.2 Å². The normalized spacial score (nSPS) is 11.3. The number of phenols is 1. The lowest BCUT2D eigenvalue weighted by molar-refractivity contribution is -0.138. The van der Waals surface area contributed by atoms with Crippen molar-refractivity contribution in [2.24, 2.45) is 0 Å². The molecule has 1 heterocycles. The van der Waals surface area contributed by atoms with Crippen molar-refractivity contribution in [3.63, 3.8) is 0 Å². The lowest BCUT2D eigenvalue weighted by atomic mass is 10.0. The molecule has 1 aromatic heterocycles. The summed E-state index contributed by atoms with van der Waals surface area (Å²) in [5.74, 6) is -0.896. The maximum atomic E-state index is 12.8. The predicted octanol–water partition coefficient (Wildman–Crippen LogP) is 3.17. The van der Waals surface area contributed by atoms with Gasteiger partial charge in [0.1, 0.15) is 5.75 Å². The Kier molecular flexibility index (Phi) is 3.40. The first-order valence-corrected chi connectivity index (χ1v) is 5.74. The second kappa shape index (κ2) is 4.89. The average molecular weight is 281 g/mol. The van der Waals surface area contributed by atoms with Crippen LogP contribution in [0.2, 0.25) is 0 Å². The maximum Gasteiger partial charge on any atom is 0.420 e. The van der Waals surface area contributed by atoms with Crippen LogP contribution in [0.3, 0.4) is 0 Å². The number of benzene rings is 1. The van der Waals surface area contributed by atoms with Gasteiger partial charge in [-0.05, 0) is 19.1 Å². The summed E-state index contributed by atoms with van der Waals surface area (Å²) in [6.45, 7) is 2.37. The van der Waals surface area contributed by atoms with Gasteiger partial charge in [-0.3, -0.25) is 4.68 Å². The van der Waals surface area contributed by atoms with E-state index in [1.165, 1.54) is 23.1 Å². The fourth-order valence-corrected chi connectivity index (χ4v) is 1.81. The van der Waals surface area contributed by atoms with E-state index in [2.05, 4.69) is 5.10 Å². The van der Waals surface area contributed by atoms with Crippen LogP contribution in [0.25, 0.3) is 11.1 Å². The van der Waals surface area contributed by atoms with Gasteiger partial charge in [0.25, 0.3) is 0 Å². The van der Waals surface area contributed by atoms with Crippen LogP contribution in [0.15, 0.2) is 24.5 Å². The number of alkyl halides is 3. The van der Waals surface area contributed by atoms with Gasteiger partial charge in [0.05, 0.1) is 23.4 Å². The number of hydrogen-bond acceptors (Lipinski definition) is 3. The van der Waals surface area contributed by atoms with Crippen molar-refractivity contribution in [1.82, 2.24) is 9.78 Å². The molecule has 0 bridgehead atoms. The number of aromatic nitrogens is 2. The summed E-state index contributed by atoms with van der Waals surface area (Å²) in [5, 5.41) is 22.6. The zero-order valence-corrected chi connectivity index (χ0v) is 10.4. The molecule has 2 aromatic rings. The van der Waals surface area contributed by atoms with E-state index >= 15 is 0 Å². The quantitative estimate of drug-likeness (QED) is 0.919. The molecule has 0 aliphatic rings. The van der Waals surface area contributed by atoms with E-state index in [0.717, 1.165) is 0 Å². The molecule has 1 aromatic carbocycles. The molecular weight excluding hydrogens is 271 g/mol. The summed E-state index contributed by atoms with van der Waals surface area (Å²) in [4.78, 5) is 0. The van der Waals surface area contributed by atoms with Gasteiger partial charge >= 0.3 is 6.18 Å². The Hall–Kier alpha value is -2.49. The van der Waals surface area contributed by atoms with Crippen LogP contribution >= 0.6 is 0 Å². The molecule has 4 nitrogen and oxygen atoms in total. The standard InChI is InChI=1S/C13H10F3N3O/c1-2-19-7-9(6-18-19)10-3-8(5-17)4-11(12(10)20)13(14,15)16/h3-4,6-7,20H,2H2,1H3. The molecule has 0 fully saturated rings. The van der Waals surface area contributed by atoms with Gasteiger partial charge in [0.2, 0.25) is 0 Å². The Morgan fingerprint density at radius 1 is 1.40 bits per heavy atom. The molecule has 20 heavy (non-hydrogen) atoms. The van der Waals surface area contributed by atoms with Gasteiger partial charge in [-0.15, -0.1) is 0 Å². The topological polar surface area (TPSA) is 61.8 Å². The van der Waals surface area contributed by atoms with Gasteiger partial charge < -0.3 is 5.11 Å². The first-order chi connectivity index (χ1) is 9.36. The minimum atomic E-state index is -4.73. The minimum Gasteiger partial charge on any atom is -0.507 e. The maximum absolute atomic E-state index is 12.8. The van der Waals surface area contributed by atoms with Gasteiger partial charge in [-0.2, -0.15) is 23.5 Å². The molecule has 0 amide bonds. The lowest BCUT2D eigenvalue weighted by Crippen LogP contribution is -2.06. The van der Waals surface area contributed by atoms with Gasteiger partial charge in [-0.1, -0.05) is 0 Å². The third kappa shape index (κ3) is 2.45. The first kappa shape index (κ1) is 13.9. The molecule has 0 radical (unpaired) electrons. The van der Waals surface area contributed by atoms with Crippen LogP contribution in [0.5, 0.6) is 5.75 Å². The molecule has 104 valence electrons. The van der Waals surface area contributed by atoms with E-state index in [1.54, 1.807) is 6.07 Å². The number of phenolic OH excluding ortho intramolecular Hbond substituents is 1. The number of nitrogens with zero attached hydrogens (tertiary/aromatic N) is 3. The molecule has 0 aliphatic heterocycles. The van der Waals surface area contributed by atoms with E-state index in [9.17, 15) is 18.3 Å². The average Bonchev–Trinajstić information content (AvgIpc) is 2.86. The number of nitriles is 1. The summed E-state index contributed by atoms with van der Waals surface area (Å²) in [5.41, 5.74) is -1.13. The first-order valence-electron chi connectivity index (χ1n) is 5.74. The second-order valence-electron chi connectivity index (χ2n) is 4.11. The van der Waals surface area contributed by atoms with Crippen molar-refractivity contribution >= 4 is 0 Å². The van der Waals surface area contributed by atoms with Crippen molar-refractivity contribution < 1.29 is 18.3 Å². The third-order valence-corrected chi connectivity index (χ3v) is 2.81. The molecular formula is C13H10F3N3O. The Morgan fingerprint density at radius 2 is 2.10 bits per heavy atom. The summed E-state index contributed by atoms with van der Waals surface area (Å²) in [6, 6.07) is 3.50. The molecule has 0 spiro atoms. The van der Waals surface area contributed by atoms with Crippen molar-refractivity contribution in [3.8, 4) is 22.9 Å². The number of aryl methyl sites for hydroxylation is 1. The summed E-state index contributed by atoms with van der Waals surface area (Å²) < 4.78 is 40.0. The van der Waals surface area contributed by atoms with Crippen molar-refractivity contribution in [3.05, 3.63) is 35.7 Å². The largest absolute Gasteiger partial charge is 0.507 e. The van der Waals surface area contributed by atoms with E-state index < -0.39 is 17.5 Å². The molecule has 1 N–H and O–H groups in total. The predicted molar refractivity (Wildman–Crippen MR) is 64.7 cm³/mol. The van der Waals surface area contributed by atoms with Crippen molar-refractivity contribution in [1.29, 1.82) is 5.26 Å². The summed E-state index contributed by atoms with van der Waals surface area (Å²) >= 11 is 0. The molecule has 0 atom stereocenters. The molecule has 0 unspecified atom stereocenters. The van der Waals surface area contributed by atoms with Crippen molar-refractivity contribution in [2.75, 3.05) is 0 Å². The van der Waals surface area contributed by atoms with Crippen molar-refractivity contribution in [2.45, 2.75) is 19.6 Å². The number of rotatable bonds is 2. The Morgan fingerprint density at radius 3 is 2.60 bits per heavy atom. The molecule has 2 rings (SSSR count). The smallest absolute Gasteiger partial charge is 0.420 e. The minimum absolute atomic E-state index is 0.0592. The fourth-order valence-electron chi connectivity index (χ4n) is 1.81. The summed E-state index contributed by atoms with van der Waals surface area (Å²) in [7, 11) is 0. The van der Waals surface area contributed by atoms with E-state index in [4.69, 9.17) is 5.26 Å². The summed E-state index contributed by atoms with van der Waals surface area (Å²) in [6.07, 6.45) is -1.87. The zero-order valence-electron chi connectivity index (χ0n) is 10.4. The number of hydrogen-bond donors (Lipinski definition) is 1. The second-order valence-corrected chi connectivity index (χ2v) is 4.11. The van der Waals surface area contributed by atoms with E-state index in [-0.39, 0.29) is 11.1 Å². The van der Waals surface area contributed by atoms with Crippen LogP contribution < -0.4 is 0 Å². The van der Waals surface area contributed by atoms with Gasteiger partial charge in [0.15, 0.2) is 0 Å². The molecule has 0 saturated heterocycles. The van der Waals surface area contributed by atoms with Crippen LogP contribution in [-0.4, -0.2) is 14.9 Å². The molecule has 7 heteroatoms. The zero-order chi connectivity index (χ0) is 14.9. The van der Waals surface area contributed by atoms with Crippen LogP contribution in [0.1, 0.15) is 18.1 Å². The highest BCUT2D eigenvalue weighted by atomic mass is 19.4. The SMILES string of the molecule is CCn1cc(-c2cc(C#N)cc(C(F)(F)F)c2O)cn1. The highest BCUT2D eigenvalue weighted by molar-refractivity contribution is 5.73. The van der Waals surface area contributed by atoms with Crippen LogP contribution in [-0.2, 0) is 12.7 Å². The Balaban J connectivity index is 2.67. The molecule has 0 aliphatic carbocycles. The number of aromatic hydroxyl groups is 1. The van der Waals surface area contributed by atoms with Gasteiger partial charge in [0, 0.05) is 23.9 Å². The Bertz CT molecular complexity index is 683. The lowest BCUT2D eigenvalue weighted by Gasteiger charge is -2.12. The molecule has 0 saturated carbocycles. The van der Waals surface area contributed by atoms with E-state index in [1.807, 2.05) is 6.92 Å². The highest BCUT2D eigenvalue weighted by Crippen LogP contribution is 2.41. The Labute approximate surface area is 112 Å². The van der Waals surface area contributed by atoms with Gasteiger partial charge in [-0.25, -0.2) is 0 Å². The monoisotopic (exact) mass is 281 g/mol. The number of halogens is 3.